The number of imidazole rings is 1. The lowest BCUT2D eigenvalue weighted by Gasteiger charge is -2.17. The molecule has 0 saturated carbocycles. The number of hydrogen-bond acceptors (Lipinski definition) is 2. The maximum Gasteiger partial charge on any atom is 0.673 e. The maximum atomic E-state index is 12.3. The van der Waals surface area contributed by atoms with E-state index in [1.807, 2.05) is 72.8 Å². The molecule has 0 aliphatic heterocycles. The van der Waals surface area contributed by atoms with Gasteiger partial charge in [-0.05, 0) is 42.4 Å². The van der Waals surface area contributed by atoms with E-state index in [1.54, 1.807) is 6.92 Å². The number of carbonyl (C=O) groups is 1. The zero-order valence-electron chi connectivity index (χ0n) is 18.7. The van der Waals surface area contributed by atoms with Crippen molar-refractivity contribution in [2.75, 3.05) is 5.32 Å². The normalized spacial score (nSPS) is 11.6. The van der Waals surface area contributed by atoms with Crippen LogP contribution in [0, 0.1) is 0 Å². The Kier molecular flexibility index (Phi) is 10.1. The fourth-order valence-electron chi connectivity index (χ4n) is 2.86. The molecule has 1 amide bonds. The quantitative estimate of drug-likeness (QED) is 0.203. The highest BCUT2D eigenvalue weighted by Crippen LogP contribution is 2.08. The Balaban J connectivity index is 0.000000739. The predicted molar refractivity (Wildman–Crippen MR) is 128 cm³/mol. The summed E-state index contributed by atoms with van der Waals surface area (Å²) >= 11 is 5.27. The second kappa shape index (κ2) is 12.7. The molecule has 0 fully saturated rings. The molecule has 34 heavy (non-hydrogen) atoms. The number of hydrogen-bond donors (Lipinski definition) is 3. The first-order valence-electron chi connectivity index (χ1n) is 10.4. The summed E-state index contributed by atoms with van der Waals surface area (Å²) in [6.07, 6.45) is 6.10. The molecule has 2 aromatic carbocycles. The smallest absolute Gasteiger partial charge is 0.418 e. The molecule has 1 aromatic heterocycles. The number of aryl methyl sites for hydroxylation is 1. The van der Waals surface area contributed by atoms with Crippen molar-refractivity contribution in [3.05, 3.63) is 84.4 Å². The SMILES string of the molecule is C[C@H](NC(=S)Nc1ccccc1)C(=O)NCc1ccc(Cn2cc[n+](C)c2)cc1.F[B-](F)(F)F. The molecule has 0 saturated heterocycles. The number of carbonyl (C=O) groups excluding carboxylic acids is 1. The Morgan fingerprint density at radius 2 is 1.65 bits per heavy atom. The van der Waals surface area contributed by atoms with Gasteiger partial charge in [0.1, 0.15) is 25.0 Å². The molecule has 6 nitrogen and oxygen atoms in total. The van der Waals surface area contributed by atoms with Gasteiger partial charge >= 0.3 is 7.25 Å². The average molecular weight is 495 g/mol. The van der Waals surface area contributed by atoms with E-state index in [1.165, 1.54) is 5.56 Å². The fourth-order valence-corrected chi connectivity index (χ4v) is 3.16. The molecule has 0 aliphatic rings. The van der Waals surface area contributed by atoms with Crippen molar-refractivity contribution in [3.63, 3.8) is 0 Å². The van der Waals surface area contributed by atoms with Crippen LogP contribution in [0.25, 0.3) is 0 Å². The number of nitrogens with one attached hydrogen (secondary N) is 3. The third kappa shape index (κ3) is 10.9. The Hall–Kier alpha value is -3.41. The Morgan fingerprint density at radius 3 is 2.21 bits per heavy atom. The molecule has 3 aromatic rings. The minimum absolute atomic E-state index is 0.105. The lowest BCUT2D eigenvalue weighted by molar-refractivity contribution is -0.671. The Bertz CT molecular complexity index is 1060. The van der Waals surface area contributed by atoms with E-state index in [-0.39, 0.29) is 5.91 Å². The first-order chi connectivity index (χ1) is 16.0. The molecule has 1 atom stereocenters. The van der Waals surface area contributed by atoms with Crippen LogP contribution in [0.15, 0.2) is 73.3 Å². The van der Waals surface area contributed by atoms with Crippen molar-refractivity contribution >= 4 is 36.2 Å². The number of rotatable bonds is 7. The van der Waals surface area contributed by atoms with Gasteiger partial charge in [0.25, 0.3) is 0 Å². The number of amides is 1. The highest BCUT2D eigenvalue weighted by molar-refractivity contribution is 7.80. The van der Waals surface area contributed by atoms with Gasteiger partial charge in [0.05, 0.1) is 7.05 Å². The van der Waals surface area contributed by atoms with Gasteiger partial charge < -0.3 is 33.2 Å². The molecule has 0 unspecified atom stereocenters. The van der Waals surface area contributed by atoms with Crippen LogP contribution in [0.2, 0.25) is 0 Å². The summed E-state index contributed by atoms with van der Waals surface area (Å²) in [5.74, 6) is -0.105. The van der Waals surface area contributed by atoms with E-state index in [9.17, 15) is 22.1 Å². The van der Waals surface area contributed by atoms with Crippen molar-refractivity contribution in [1.82, 2.24) is 15.2 Å². The summed E-state index contributed by atoms with van der Waals surface area (Å²) in [4.78, 5) is 12.3. The first-order valence-corrected chi connectivity index (χ1v) is 10.8. The molecular weight excluding hydrogens is 469 g/mol. The molecule has 3 N–H and O–H groups in total. The van der Waals surface area contributed by atoms with Gasteiger partial charge in [-0.15, -0.1) is 0 Å². The number of para-hydroxylation sites is 1. The van der Waals surface area contributed by atoms with E-state index in [2.05, 4.69) is 32.7 Å². The van der Waals surface area contributed by atoms with Crippen LogP contribution in [0.1, 0.15) is 18.1 Å². The number of halogens is 4. The average Bonchev–Trinajstić information content (AvgIpc) is 3.17. The van der Waals surface area contributed by atoms with Crippen molar-refractivity contribution in [1.29, 1.82) is 0 Å². The molecule has 3 rings (SSSR count). The largest absolute Gasteiger partial charge is 0.673 e. The lowest BCUT2D eigenvalue weighted by Crippen LogP contribution is -2.46. The number of thiocarbonyl (C=S) groups is 1. The van der Waals surface area contributed by atoms with Crippen molar-refractivity contribution in [2.45, 2.75) is 26.1 Å². The van der Waals surface area contributed by atoms with Crippen molar-refractivity contribution in [2.24, 2.45) is 7.05 Å². The molecule has 1 heterocycles. The molecule has 0 aliphatic carbocycles. The second-order valence-electron chi connectivity index (χ2n) is 7.47. The zero-order valence-corrected chi connectivity index (χ0v) is 19.5. The topological polar surface area (TPSA) is 62.0 Å². The van der Waals surface area contributed by atoms with E-state index in [0.717, 1.165) is 17.8 Å². The van der Waals surface area contributed by atoms with Gasteiger partial charge in [0.2, 0.25) is 12.2 Å². The first kappa shape index (κ1) is 26.8. The lowest BCUT2D eigenvalue weighted by atomic mass is 10.1. The van der Waals surface area contributed by atoms with Gasteiger partial charge in [-0.3, -0.25) is 4.79 Å². The maximum absolute atomic E-state index is 12.3. The summed E-state index contributed by atoms with van der Waals surface area (Å²) in [6.45, 7) is 3.08. The van der Waals surface area contributed by atoms with Crippen LogP contribution in [0.4, 0.5) is 23.0 Å². The standard InChI is InChI=1S/C22H25N5OS.BF4/c1-17(24-22(29)25-20-6-4-3-5-7-20)21(28)23-14-18-8-10-19(11-9-18)15-27-13-12-26(2)16-27;2-1(3,4)5/h3-13,16-17H,14-15H2,1-2H3,(H2-,23,24,25,28,29);/q;-1/p+1/t17-;/m0./s1. The summed E-state index contributed by atoms with van der Waals surface area (Å²) < 4.78 is 43.1. The highest BCUT2D eigenvalue weighted by Gasteiger charge is 2.20. The number of anilines is 1. The molecule has 182 valence electrons. The van der Waals surface area contributed by atoms with Gasteiger partial charge in [-0.2, -0.15) is 0 Å². The summed E-state index contributed by atoms with van der Waals surface area (Å²) in [5, 5.41) is 9.43. The van der Waals surface area contributed by atoms with Crippen LogP contribution < -0.4 is 20.5 Å². The van der Waals surface area contributed by atoms with Crippen LogP contribution in [-0.2, 0) is 24.9 Å². The zero-order chi connectivity index (χ0) is 25.1. The number of aromatic nitrogens is 2. The molecular formula is C22H26BF4N5OS. The van der Waals surface area contributed by atoms with Crippen molar-refractivity contribution in [3.8, 4) is 0 Å². The van der Waals surface area contributed by atoms with Gasteiger partial charge in [0, 0.05) is 12.2 Å². The van der Waals surface area contributed by atoms with E-state index >= 15 is 0 Å². The second-order valence-corrected chi connectivity index (χ2v) is 7.88. The van der Waals surface area contributed by atoms with Crippen molar-refractivity contribution < 1.29 is 26.6 Å². The molecule has 0 bridgehead atoms. The van der Waals surface area contributed by atoms with E-state index < -0.39 is 13.3 Å². The summed E-state index contributed by atoms with van der Waals surface area (Å²) in [7, 11) is -4.00. The Morgan fingerprint density at radius 1 is 1.06 bits per heavy atom. The van der Waals surface area contributed by atoms with Gasteiger partial charge in [0.15, 0.2) is 5.11 Å². The van der Waals surface area contributed by atoms with Crippen LogP contribution in [0.3, 0.4) is 0 Å². The van der Waals surface area contributed by atoms with Crippen LogP contribution >= 0.6 is 12.2 Å². The van der Waals surface area contributed by atoms with Crippen LogP contribution in [-0.4, -0.2) is 28.9 Å². The minimum Gasteiger partial charge on any atom is -0.418 e. The minimum atomic E-state index is -6.00. The number of benzene rings is 2. The monoisotopic (exact) mass is 495 g/mol. The molecule has 0 spiro atoms. The van der Waals surface area contributed by atoms with Gasteiger partial charge in [-0.1, -0.05) is 42.5 Å². The highest BCUT2D eigenvalue weighted by atomic mass is 32.1. The molecule has 12 heteroatoms. The fraction of sp³-hybridized carbons (Fsp3) is 0.227. The molecule has 0 radical (unpaired) electrons. The third-order valence-electron chi connectivity index (χ3n) is 4.45. The third-order valence-corrected chi connectivity index (χ3v) is 4.67. The Labute approximate surface area is 201 Å². The van der Waals surface area contributed by atoms with E-state index in [4.69, 9.17) is 12.2 Å². The summed E-state index contributed by atoms with van der Waals surface area (Å²) in [6, 6.07) is 17.4. The van der Waals surface area contributed by atoms with Crippen LogP contribution in [0.5, 0.6) is 0 Å². The summed E-state index contributed by atoms with van der Waals surface area (Å²) in [5.41, 5.74) is 3.15. The number of nitrogens with zero attached hydrogens (tertiary/aromatic N) is 2. The van der Waals surface area contributed by atoms with Gasteiger partial charge in [-0.25, -0.2) is 9.13 Å². The predicted octanol–water partition coefficient (Wildman–Crippen LogP) is 3.65. The van der Waals surface area contributed by atoms with E-state index in [0.29, 0.717) is 11.7 Å².